The van der Waals surface area contributed by atoms with Gasteiger partial charge in [-0.1, -0.05) is 32.9 Å². The van der Waals surface area contributed by atoms with Gasteiger partial charge < -0.3 is 15.2 Å². The highest BCUT2D eigenvalue weighted by molar-refractivity contribution is 5.97. The van der Waals surface area contributed by atoms with E-state index < -0.39 is 12.2 Å². The largest absolute Gasteiger partial charge is 0.490 e. The van der Waals surface area contributed by atoms with Crippen LogP contribution in [0.15, 0.2) is 48.5 Å². The maximum Gasteiger partial charge on any atom is 0.404 e. The molecule has 1 amide bonds. The molecular formula is C26H33FN2O4. The maximum atomic E-state index is 13.1. The summed E-state index contributed by atoms with van der Waals surface area (Å²) in [6.07, 6.45) is 0.0191. The molecule has 0 spiro atoms. The predicted octanol–water partition coefficient (Wildman–Crippen LogP) is 4.56. The third-order valence-corrected chi connectivity index (χ3v) is 5.99. The number of ether oxygens (including phenoxy) is 2. The maximum absolute atomic E-state index is 13.1. The molecule has 33 heavy (non-hydrogen) atoms. The van der Waals surface area contributed by atoms with Gasteiger partial charge in [0, 0.05) is 18.0 Å². The lowest BCUT2D eigenvalue weighted by molar-refractivity contribution is 0.0363. The Morgan fingerprint density at radius 3 is 2.21 bits per heavy atom. The van der Waals surface area contributed by atoms with E-state index in [0.29, 0.717) is 43.8 Å². The van der Waals surface area contributed by atoms with Crippen LogP contribution in [0.4, 0.5) is 9.18 Å². The van der Waals surface area contributed by atoms with Gasteiger partial charge in [-0.2, -0.15) is 0 Å². The predicted molar refractivity (Wildman–Crippen MR) is 125 cm³/mol. The normalized spacial score (nSPS) is 16.2. The molecule has 178 valence electrons. The Kier molecular flexibility index (Phi) is 8.08. The van der Waals surface area contributed by atoms with Crippen molar-refractivity contribution in [2.45, 2.75) is 45.1 Å². The van der Waals surface area contributed by atoms with E-state index >= 15 is 0 Å². The number of primary amides is 1. The van der Waals surface area contributed by atoms with E-state index in [2.05, 4.69) is 25.7 Å². The average Bonchev–Trinajstić information content (AvgIpc) is 2.77. The van der Waals surface area contributed by atoms with Crippen molar-refractivity contribution in [2.24, 2.45) is 11.7 Å². The van der Waals surface area contributed by atoms with Crippen LogP contribution in [0.2, 0.25) is 0 Å². The first kappa shape index (κ1) is 24.7. The molecule has 1 aliphatic rings. The molecule has 6 nitrogen and oxygen atoms in total. The fourth-order valence-electron chi connectivity index (χ4n) is 4.04. The van der Waals surface area contributed by atoms with Crippen LogP contribution in [0, 0.1) is 11.7 Å². The minimum atomic E-state index is -0.840. The van der Waals surface area contributed by atoms with Gasteiger partial charge in [0.2, 0.25) is 0 Å². The standard InChI is InChI=1S/C26H33FN2O4/c1-26(2,3)20-6-10-22(11-7-20)32-17-23(33-25(28)31)16-29-14-12-19(13-15-29)24(30)18-4-8-21(27)9-5-18/h4-11,19,23H,12-17H2,1-3H3,(H2,28,31). The summed E-state index contributed by atoms with van der Waals surface area (Å²) in [5, 5.41) is 0. The molecule has 7 heteroatoms. The number of ketones is 1. The van der Waals surface area contributed by atoms with Gasteiger partial charge in [-0.05, 0) is 73.3 Å². The summed E-state index contributed by atoms with van der Waals surface area (Å²) in [7, 11) is 0. The molecule has 1 unspecified atom stereocenters. The molecule has 1 fully saturated rings. The molecule has 1 atom stereocenters. The lowest BCUT2D eigenvalue weighted by Gasteiger charge is -2.33. The van der Waals surface area contributed by atoms with Gasteiger partial charge in [-0.3, -0.25) is 9.69 Å². The summed E-state index contributed by atoms with van der Waals surface area (Å²) in [4.78, 5) is 26.2. The topological polar surface area (TPSA) is 81.9 Å². The summed E-state index contributed by atoms with van der Waals surface area (Å²) in [6.45, 7) is 8.49. The quantitative estimate of drug-likeness (QED) is 0.589. The van der Waals surface area contributed by atoms with Gasteiger partial charge in [0.1, 0.15) is 18.2 Å². The van der Waals surface area contributed by atoms with Crippen molar-refractivity contribution in [3.05, 3.63) is 65.5 Å². The number of amides is 1. The summed E-state index contributed by atoms with van der Waals surface area (Å²) < 4.78 is 24.3. The van der Waals surface area contributed by atoms with Gasteiger partial charge >= 0.3 is 6.09 Å². The van der Waals surface area contributed by atoms with Crippen molar-refractivity contribution in [1.82, 2.24) is 4.90 Å². The molecule has 1 saturated heterocycles. The number of hydrogen-bond acceptors (Lipinski definition) is 5. The van der Waals surface area contributed by atoms with Crippen molar-refractivity contribution in [1.29, 1.82) is 0 Å². The smallest absolute Gasteiger partial charge is 0.404 e. The molecule has 2 aromatic carbocycles. The molecule has 0 aromatic heterocycles. The molecule has 2 aromatic rings. The number of nitrogens with two attached hydrogens (primary N) is 1. The summed E-state index contributed by atoms with van der Waals surface area (Å²) >= 11 is 0. The highest BCUT2D eigenvalue weighted by Gasteiger charge is 2.28. The molecule has 0 aliphatic carbocycles. The number of rotatable bonds is 8. The number of nitrogens with zero attached hydrogens (tertiary/aromatic N) is 1. The third-order valence-electron chi connectivity index (χ3n) is 5.99. The molecule has 0 bridgehead atoms. The van der Waals surface area contributed by atoms with Crippen molar-refractivity contribution in [3.8, 4) is 5.75 Å². The van der Waals surface area contributed by atoms with E-state index in [1.54, 1.807) is 0 Å². The molecule has 0 saturated carbocycles. The fourth-order valence-corrected chi connectivity index (χ4v) is 4.04. The van der Waals surface area contributed by atoms with Crippen molar-refractivity contribution < 1.29 is 23.5 Å². The molecule has 1 aliphatic heterocycles. The van der Waals surface area contributed by atoms with Gasteiger partial charge in [-0.15, -0.1) is 0 Å². The van der Waals surface area contributed by atoms with E-state index in [0.717, 1.165) is 0 Å². The van der Waals surface area contributed by atoms with Crippen LogP contribution in [0.3, 0.4) is 0 Å². The Labute approximate surface area is 194 Å². The molecule has 1 heterocycles. The van der Waals surface area contributed by atoms with Crippen LogP contribution in [0.5, 0.6) is 5.75 Å². The zero-order valence-electron chi connectivity index (χ0n) is 19.6. The second-order valence-corrected chi connectivity index (χ2v) is 9.59. The second-order valence-electron chi connectivity index (χ2n) is 9.59. The Morgan fingerprint density at radius 1 is 1.06 bits per heavy atom. The number of carbonyl (C=O) groups excluding carboxylic acids is 2. The zero-order chi connectivity index (χ0) is 24.0. The van der Waals surface area contributed by atoms with Gasteiger partial charge in [0.15, 0.2) is 11.9 Å². The van der Waals surface area contributed by atoms with Crippen LogP contribution in [0.25, 0.3) is 0 Å². The van der Waals surface area contributed by atoms with Crippen LogP contribution in [-0.2, 0) is 10.2 Å². The monoisotopic (exact) mass is 456 g/mol. The second kappa shape index (κ2) is 10.8. The van der Waals surface area contributed by atoms with Crippen molar-refractivity contribution in [2.75, 3.05) is 26.2 Å². The summed E-state index contributed by atoms with van der Waals surface area (Å²) in [5.41, 5.74) is 7.07. The number of benzene rings is 2. The lowest BCUT2D eigenvalue weighted by Crippen LogP contribution is -2.44. The minimum absolute atomic E-state index is 0.0432. The van der Waals surface area contributed by atoms with E-state index in [-0.39, 0.29) is 29.5 Å². The fraction of sp³-hybridized carbons (Fsp3) is 0.462. The Balaban J connectivity index is 1.51. The minimum Gasteiger partial charge on any atom is -0.490 e. The molecule has 2 N–H and O–H groups in total. The van der Waals surface area contributed by atoms with Gasteiger partial charge in [-0.25, -0.2) is 9.18 Å². The van der Waals surface area contributed by atoms with E-state index in [4.69, 9.17) is 15.2 Å². The highest BCUT2D eigenvalue weighted by Crippen LogP contribution is 2.25. The number of likely N-dealkylation sites (tertiary alicyclic amines) is 1. The Bertz CT molecular complexity index is 930. The Morgan fingerprint density at radius 2 is 1.67 bits per heavy atom. The van der Waals surface area contributed by atoms with Crippen molar-refractivity contribution >= 4 is 11.9 Å². The average molecular weight is 457 g/mol. The first-order valence-corrected chi connectivity index (χ1v) is 11.3. The van der Waals surface area contributed by atoms with Gasteiger partial charge in [0.05, 0.1) is 0 Å². The van der Waals surface area contributed by atoms with Crippen LogP contribution < -0.4 is 10.5 Å². The van der Waals surface area contributed by atoms with Crippen LogP contribution >= 0.6 is 0 Å². The molecular weight excluding hydrogens is 423 g/mol. The first-order valence-electron chi connectivity index (χ1n) is 11.3. The number of halogens is 1. The van der Waals surface area contributed by atoms with E-state index in [9.17, 15) is 14.0 Å². The van der Waals surface area contributed by atoms with Crippen LogP contribution in [-0.4, -0.2) is 49.1 Å². The number of Topliss-reactive ketones (excluding diaryl/α,β-unsaturated/α-hetero) is 1. The number of carbonyl (C=O) groups is 2. The summed E-state index contributed by atoms with van der Waals surface area (Å²) in [5.74, 6) is 0.292. The molecule has 0 radical (unpaired) electrons. The SMILES string of the molecule is CC(C)(C)c1ccc(OCC(CN2CCC(C(=O)c3ccc(F)cc3)CC2)OC(N)=O)cc1. The Hall–Kier alpha value is -2.93. The lowest BCUT2D eigenvalue weighted by atomic mass is 9.87. The van der Waals surface area contributed by atoms with Crippen LogP contribution in [0.1, 0.15) is 49.5 Å². The summed E-state index contributed by atoms with van der Waals surface area (Å²) in [6, 6.07) is 13.6. The molecule has 3 rings (SSSR count). The van der Waals surface area contributed by atoms with Crippen molar-refractivity contribution in [3.63, 3.8) is 0 Å². The van der Waals surface area contributed by atoms with E-state index in [1.807, 2.05) is 24.3 Å². The number of piperidine rings is 1. The highest BCUT2D eigenvalue weighted by atomic mass is 19.1. The van der Waals surface area contributed by atoms with E-state index in [1.165, 1.54) is 29.8 Å². The van der Waals surface area contributed by atoms with Gasteiger partial charge in [0.25, 0.3) is 0 Å². The zero-order valence-corrected chi connectivity index (χ0v) is 19.6. The third kappa shape index (κ3) is 7.29. The first-order chi connectivity index (χ1) is 15.6. The number of hydrogen-bond donors (Lipinski definition) is 1.